The summed E-state index contributed by atoms with van der Waals surface area (Å²) in [5.74, 6) is 0. The number of hydrogen-bond donors (Lipinski definition) is 0. The lowest BCUT2D eigenvalue weighted by molar-refractivity contribution is 1.41. The number of rotatable bonds is 6. The molecule has 7 rings (SSSR count). The van der Waals surface area contributed by atoms with E-state index >= 15 is 0 Å². The lowest BCUT2D eigenvalue weighted by Crippen LogP contribution is -1.87. The van der Waals surface area contributed by atoms with Gasteiger partial charge in [0.05, 0.1) is 0 Å². The fraction of sp³-hybridized carbons (Fsp3) is 0. The number of aromatic nitrogens is 3. The van der Waals surface area contributed by atoms with Crippen LogP contribution in [-0.2, 0) is 0 Å². The zero-order chi connectivity index (χ0) is 26.0. The number of nitrogens with zero attached hydrogens (tertiary/aromatic N) is 3. The molecule has 0 aliphatic rings. The summed E-state index contributed by atoms with van der Waals surface area (Å²) in [5, 5.41) is 9.15. The number of thiazole rings is 3. The van der Waals surface area contributed by atoms with E-state index in [1.807, 2.05) is 34.7 Å². The molecule has 0 saturated carbocycles. The second-order valence-electron chi connectivity index (χ2n) is 9.04. The van der Waals surface area contributed by atoms with Gasteiger partial charge in [-0.25, -0.2) is 15.0 Å². The van der Waals surface area contributed by atoms with Gasteiger partial charge in [-0.1, -0.05) is 72.8 Å². The molecular formula is C33H21N3S3. The molecule has 6 heteroatoms. The van der Waals surface area contributed by atoms with Gasteiger partial charge in [0.1, 0.15) is 15.0 Å². The SMILES string of the molecule is c1csc(-c2ccc(-c3cc(-c4ccc(-c5nccs5)cc4)cc(-c4ccc(-c5nccs5)cc4)c3)cc2)n1. The standard InChI is InChI=1S/C33H21N3S3/c1-7-25(31-34-13-16-37-31)8-2-22(1)28-19-29(23-3-9-26(10-4-23)32-35-14-17-38-32)21-30(20-28)24-5-11-27(12-6-24)33-36-15-18-39-33/h1-21H. The van der Waals surface area contributed by atoms with Gasteiger partial charge in [-0.2, -0.15) is 0 Å². The Labute approximate surface area is 238 Å². The van der Waals surface area contributed by atoms with Crippen molar-refractivity contribution in [3.63, 3.8) is 0 Å². The van der Waals surface area contributed by atoms with E-state index in [2.05, 4.69) is 106 Å². The van der Waals surface area contributed by atoms with E-state index in [0.29, 0.717) is 0 Å². The van der Waals surface area contributed by atoms with Gasteiger partial charge in [-0.3, -0.25) is 0 Å². The molecule has 39 heavy (non-hydrogen) atoms. The first-order valence-corrected chi connectivity index (χ1v) is 15.1. The molecule has 0 atom stereocenters. The molecule has 3 aromatic heterocycles. The summed E-state index contributed by atoms with van der Waals surface area (Å²) in [6.07, 6.45) is 5.55. The Kier molecular flexibility index (Phi) is 6.42. The average molecular weight is 556 g/mol. The molecule has 0 amide bonds. The highest BCUT2D eigenvalue weighted by Crippen LogP contribution is 2.36. The third kappa shape index (κ3) is 4.98. The fourth-order valence-corrected chi connectivity index (χ4v) is 6.57. The van der Waals surface area contributed by atoms with E-state index in [4.69, 9.17) is 0 Å². The minimum Gasteiger partial charge on any atom is -0.245 e. The van der Waals surface area contributed by atoms with Gasteiger partial charge in [0.2, 0.25) is 0 Å². The Balaban J connectivity index is 1.30. The van der Waals surface area contributed by atoms with Crippen LogP contribution in [0.1, 0.15) is 0 Å². The van der Waals surface area contributed by atoms with Crippen molar-refractivity contribution in [3.8, 4) is 65.1 Å². The maximum absolute atomic E-state index is 4.46. The maximum Gasteiger partial charge on any atom is 0.123 e. The Morgan fingerprint density at radius 1 is 0.308 bits per heavy atom. The minimum absolute atomic E-state index is 1.04. The molecule has 0 unspecified atom stereocenters. The van der Waals surface area contributed by atoms with Crippen molar-refractivity contribution in [3.05, 3.63) is 126 Å². The van der Waals surface area contributed by atoms with Gasteiger partial charge in [-0.05, 0) is 51.6 Å². The van der Waals surface area contributed by atoms with Crippen molar-refractivity contribution in [1.29, 1.82) is 0 Å². The molecule has 3 nitrogen and oxygen atoms in total. The molecule has 7 aromatic rings. The first-order valence-electron chi connectivity index (χ1n) is 12.5. The van der Waals surface area contributed by atoms with Crippen LogP contribution in [0.2, 0.25) is 0 Å². The first-order chi connectivity index (χ1) is 19.3. The quantitative estimate of drug-likeness (QED) is 0.205. The van der Waals surface area contributed by atoms with Crippen molar-refractivity contribution < 1.29 is 0 Å². The Bertz CT molecular complexity index is 1570. The van der Waals surface area contributed by atoms with Crippen LogP contribution in [0.3, 0.4) is 0 Å². The predicted molar refractivity (Wildman–Crippen MR) is 166 cm³/mol. The molecule has 0 saturated heterocycles. The van der Waals surface area contributed by atoms with Gasteiger partial charge in [-0.15, -0.1) is 34.0 Å². The lowest BCUT2D eigenvalue weighted by Gasteiger charge is -2.12. The highest BCUT2D eigenvalue weighted by molar-refractivity contribution is 7.13. The largest absolute Gasteiger partial charge is 0.245 e. The smallest absolute Gasteiger partial charge is 0.123 e. The Morgan fingerprint density at radius 2 is 0.564 bits per heavy atom. The fourth-order valence-electron chi connectivity index (χ4n) is 4.64. The van der Waals surface area contributed by atoms with E-state index in [1.54, 1.807) is 34.0 Å². The average Bonchev–Trinajstić information content (AvgIpc) is 3.82. The highest BCUT2D eigenvalue weighted by Gasteiger charge is 2.10. The predicted octanol–water partition coefficient (Wildman–Crippen LogP) is 10.1. The van der Waals surface area contributed by atoms with E-state index in [-0.39, 0.29) is 0 Å². The lowest BCUT2D eigenvalue weighted by atomic mass is 9.92. The summed E-state index contributed by atoms with van der Waals surface area (Å²) in [6, 6.07) is 32.9. The van der Waals surface area contributed by atoms with Crippen LogP contribution >= 0.6 is 34.0 Å². The molecule has 0 N–H and O–H groups in total. The van der Waals surface area contributed by atoms with E-state index in [1.165, 1.54) is 33.4 Å². The molecular weight excluding hydrogens is 535 g/mol. The van der Waals surface area contributed by atoms with Crippen molar-refractivity contribution in [2.75, 3.05) is 0 Å². The second-order valence-corrected chi connectivity index (χ2v) is 11.7. The third-order valence-corrected chi connectivity index (χ3v) is 9.09. The van der Waals surface area contributed by atoms with Gasteiger partial charge in [0.15, 0.2) is 0 Å². The van der Waals surface area contributed by atoms with Crippen LogP contribution in [0.4, 0.5) is 0 Å². The summed E-state index contributed by atoms with van der Waals surface area (Å²) >= 11 is 4.98. The van der Waals surface area contributed by atoms with Gasteiger partial charge < -0.3 is 0 Å². The topological polar surface area (TPSA) is 38.7 Å². The monoisotopic (exact) mass is 555 g/mol. The molecule has 0 aliphatic heterocycles. The Morgan fingerprint density at radius 3 is 0.795 bits per heavy atom. The molecule has 0 bridgehead atoms. The van der Waals surface area contributed by atoms with Gasteiger partial charge >= 0.3 is 0 Å². The second kappa shape index (κ2) is 10.5. The van der Waals surface area contributed by atoms with E-state index in [0.717, 1.165) is 31.7 Å². The highest BCUT2D eigenvalue weighted by atomic mass is 32.1. The number of benzene rings is 4. The van der Waals surface area contributed by atoms with Crippen LogP contribution in [-0.4, -0.2) is 15.0 Å². The van der Waals surface area contributed by atoms with Crippen LogP contribution in [0.15, 0.2) is 126 Å². The summed E-state index contributed by atoms with van der Waals surface area (Å²) in [4.78, 5) is 13.4. The first kappa shape index (κ1) is 23.9. The number of hydrogen-bond acceptors (Lipinski definition) is 6. The molecule has 186 valence electrons. The van der Waals surface area contributed by atoms with Crippen molar-refractivity contribution in [1.82, 2.24) is 15.0 Å². The molecule has 0 fully saturated rings. The molecule has 0 radical (unpaired) electrons. The zero-order valence-corrected chi connectivity index (χ0v) is 23.1. The molecule has 0 spiro atoms. The van der Waals surface area contributed by atoms with E-state index in [9.17, 15) is 0 Å². The zero-order valence-electron chi connectivity index (χ0n) is 20.7. The summed E-state index contributed by atoms with van der Waals surface area (Å²) in [7, 11) is 0. The van der Waals surface area contributed by atoms with E-state index < -0.39 is 0 Å². The molecule has 4 aromatic carbocycles. The van der Waals surface area contributed by atoms with Crippen molar-refractivity contribution in [2.24, 2.45) is 0 Å². The van der Waals surface area contributed by atoms with Crippen molar-refractivity contribution >= 4 is 34.0 Å². The Hall–Kier alpha value is -4.23. The third-order valence-electron chi connectivity index (χ3n) is 6.63. The summed E-state index contributed by atoms with van der Waals surface area (Å²) in [6.45, 7) is 0. The van der Waals surface area contributed by atoms with Crippen molar-refractivity contribution in [2.45, 2.75) is 0 Å². The maximum atomic E-state index is 4.46. The van der Waals surface area contributed by atoms with Gasteiger partial charge in [0.25, 0.3) is 0 Å². The molecule has 0 aliphatic carbocycles. The van der Waals surface area contributed by atoms with Gasteiger partial charge in [0, 0.05) is 51.4 Å². The van der Waals surface area contributed by atoms with Crippen LogP contribution in [0.5, 0.6) is 0 Å². The minimum atomic E-state index is 1.04. The van der Waals surface area contributed by atoms with Crippen LogP contribution in [0, 0.1) is 0 Å². The summed E-state index contributed by atoms with van der Waals surface area (Å²) < 4.78 is 0. The van der Waals surface area contributed by atoms with Crippen LogP contribution < -0.4 is 0 Å². The summed E-state index contributed by atoms with van der Waals surface area (Å²) in [5.41, 5.74) is 10.5. The molecule has 3 heterocycles. The normalized spacial score (nSPS) is 11.1. The van der Waals surface area contributed by atoms with Crippen LogP contribution in [0.25, 0.3) is 65.1 Å².